The van der Waals surface area contributed by atoms with Crippen LogP contribution in [0.2, 0.25) is 0 Å². The van der Waals surface area contributed by atoms with E-state index in [1.54, 1.807) is 11.3 Å². The zero-order chi connectivity index (χ0) is 18.4. The van der Waals surface area contributed by atoms with E-state index >= 15 is 0 Å². The van der Waals surface area contributed by atoms with Gasteiger partial charge in [0.25, 0.3) is 0 Å². The number of nitrogen functional groups attached to an aromatic ring is 1. The predicted octanol–water partition coefficient (Wildman–Crippen LogP) is 2.96. The summed E-state index contributed by atoms with van der Waals surface area (Å²) in [6, 6.07) is 0. The summed E-state index contributed by atoms with van der Waals surface area (Å²) >= 11 is 3.17. The number of rotatable bonds is 3. The van der Waals surface area contributed by atoms with E-state index in [4.69, 9.17) is 20.5 Å². The molecule has 1 fully saturated rings. The molecular weight excluding hydrogens is 380 g/mol. The standard InChI is InChI=1S/C18H22N6OS2/c1-26-18-20-13-12-10-4-2-3-5-11(10)16(24-6-8-25-9-7-24)22-17(12)27-14(13)15(21-18)23-19/h2-9,19H2,1H3,(H,20,21,23). The number of thiophene rings is 1. The molecule has 3 N–H and O–H groups in total. The van der Waals surface area contributed by atoms with Crippen molar-refractivity contribution in [2.75, 3.05) is 42.9 Å². The number of hydrogen-bond acceptors (Lipinski definition) is 9. The van der Waals surface area contributed by atoms with Crippen molar-refractivity contribution < 1.29 is 4.74 Å². The number of pyridine rings is 1. The SMILES string of the molecule is CSc1nc(NN)c2sc3nc(N4CCOCC4)c4c(c3c2n1)CCCC4. The van der Waals surface area contributed by atoms with Gasteiger partial charge >= 0.3 is 0 Å². The number of aryl methyl sites for hydroxylation is 1. The maximum absolute atomic E-state index is 5.76. The summed E-state index contributed by atoms with van der Waals surface area (Å²) < 4.78 is 6.54. The quantitative estimate of drug-likeness (QED) is 0.299. The molecule has 0 saturated carbocycles. The van der Waals surface area contributed by atoms with Gasteiger partial charge in [0.15, 0.2) is 11.0 Å². The van der Waals surface area contributed by atoms with Gasteiger partial charge in [-0.3, -0.25) is 0 Å². The Kier molecular flexibility index (Phi) is 4.55. The Bertz CT molecular complexity index is 1010. The number of fused-ring (bicyclic) bond motifs is 5. The summed E-state index contributed by atoms with van der Waals surface area (Å²) in [4.78, 5) is 17.9. The van der Waals surface area contributed by atoms with Gasteiger partial charge in [0.1, 0.15) is 10.6 Å². The van der Waals surface area contributed by atoms with Crippen LogP contribution in [0.3, 0.4) is 0 Å². The summed E-state index contributed by atoms with van der Waals surface area (Å²) in [5, 5.41) is 1.94. The van der Waals surface area contributed by atoms with Crippen molar-refractivity contribution in [1.29, 1.82) is 0 Å². The molecule has 0 amide bonds. The first-order valence-corrected chi connectivity index (χ1v) is 11.3. The highest BCUT2D eigenvalue weighted by molar-refractivity contribution is 7.98. The van der Waals surface area contributed by atoms with Gasteiger partial charge < -0.3 is 15.1 Å². The number of nitrogens with zero attached hydrogens (tertiary/aromatic N) is 4. The number of anilines is 2. The third-order valence-electron chi connectivity index (χ3n) is 5.37. The first-order valence-electron chi connectivity index (χ1n) is 9.29. The van der Waals surface area contributed by atoms with E-state index in [0.29, 0.717) is 5.82 Å². The molecule has 9 heteroatoms. The summed E-state index contributed by atoms with van der Waals surface area (Å²) in [5.41, 5.74) is 6.57. The smallest absolute Gasteiger partial charge is 0.189 e. The van der Waals surface area contributed by atoms with Crippen LogP contribution < -0.4 is 16.2 Å². The van der Waals surface area contributed by atoms with Crippen LogP contribution in [0.15, 0.2) is 5.16 Å². The molecular formula is C18H22N6OS2. The Hall–Kier alpha value is -1.68. The van der Waals surface area contributed by atoms with Gasteiger partial charge in [0, 0.05) is 18.5 Å². The fourth-order valence-corrected chi connectivity index (χ4v) is 5.57. The molecule has 0 atom stereocenters. The minimum atomic E-state index is 0.685. The molecule has 0 aromatic carbocycles. The first kappa shape index (κ1) is 17.4. The minimum absolute atomic E-state index is 0.685. The van der Waals surface area contributed by atoms with E-state index in [1.807, 2.05) is 6.26 Å². The first-order chi connectivity index (χ1) is 13.3. The van der Waals surface area contributed by atoms with Crippen molar-refractivity contribution in [1.82, 2.24) is 15.0 Å². The summed E-state index contributed by atoms with van der Waals surface area (Å²) in [7, 11) is 0. The lowest BCUT2D eigenvalue weighted by atomic mass is 9.90. The van der Waals surface area contributed by atoms with E-state index in [2.05, 4.69) is 15.3 Å². The normalized spacial score (nSPS) is 17.5. The predicted molar refractivity (Wildman–Crippen MR) is 112 cm³/mol. The highest BCUT2D eigenvalue weighted by Crippen LogP contribution is 2.43. The molecule has 0 bridgehead atoms. The zero-order valence-corrected chi connectivity index (χ0v) is 16.9. The maximum atomic E-state index is 5.76. The molecule has 0 spiro atoms. The van der Waals surface area contributed by atoms with Crippen LogP contribution in [0.1, 0.15) is 24.0 Å². The molecule has 0 radical (unpaired) electrons. The summed E-state index contributed by atoms with van der Waals surface area (Å²) in [5.74, 6) is 7.59. The zero-order valence-electron chi connectivity index (χ0n) is 15.2. The Labute approximate surface area is 165 Å². The third-order valence-corrected chi connectivity index (χ3v) is 7.00. The van der Waals surface area contributed by atoms with Crippen LogP contribution in [0, 0.1) is 0 Å². The van der Waals surface area contributed by atoms with Crippen LogP contribution in [-0.4, -0.2) is 47.5 Å². The summed E-state index contributed by atoms with van der Waals surface area (Å²) in [6.45, 7) is 3.35. The van der Waals surface area contributed by atoms with Gasteiger partial charge in [0.2, 0.25) is 0 Å². The van der Waals surface area contributed by atoms with Crippen molar-refractivity contribution in [3.63, 3.8) is 0 Å². The van der Waals surface area contributed by atoms with E-state index in [0.717, 1.165) is 65.2 Å². The van der Waals surface area contributed by atoms with Crippen LogP contribution in [0.4, 0.5) is 11.6 Å². The number of nitrogens with one attached hydrogen (secondary N) is 1. The van der Waals surface area contributed by atoms with E-state index in [9.17, 15) is 0 Å². The largest absolute Gasteiger partial charge is 0.378 e. The number of aromatic nitrogens is 3. The molecule has 1 saturated heterocycles. The molecule has 7 nitrogen and oxygen atoms in total. The Balaban J connectivity index is 1.81. The van der Waals surface area contributed by atoms with Crippen molar-refractivity contribution in [2.24, 2.45) is 5.84 Å². The van der Waals surface area contributed by atoms with E-state index in [-0.39, 0.29) is 0 Å². The Morgan fingerprint density at radius 1 is 1.11 bits per heavy atom. The second kappa shape index (κ2) is 7.05. The third kappa shape index (κ3) is 2.84. The number of morpholine rings is 1. The van der Waals surface area contributed by atoms with Gasteiger partial charge in [-0.1, -0.05) is 11.8 Å². The molecule has 5 rings (SSSR count). The fraction of sp³-hybridized carbons (Fsp3) is 0.500. The molecule has 142 valence electrons. The Morgan fingerprint density at radius 2 is 1.89 bits per heavy atom. The lowest BCUT2D eigenvalue weighted by Crippen LogP contribution is -2.37. The molecule has 3 aromatic rings. The highest BCUT2D eigenvalue weighted by Gasteiger charge is 2.26. The van der Waals surface area contributed by atoms with Gasteiger partial charge in [-0.25, -0.2) is 20.8 Å². The van der Waals surface area contributed by atoms with Crippen LogP contribution in [0.5, 0.6) is 0 Å². The lowest BCUT2D eigenvalue weighted by molar-refractivity contribution is 0.122. The average molecular weight is 403 g/mol. The van der Waals surface area contributed by atoms with Crippen LogP contribution in [-0.2, 0) is 17.6 Å². The van der Waals surface area contributed by atoms with Gasteiger partial charge in [-0.05, 0) is 43.1 Å². The number of hydrogen-bond donors (Lipinski definition) is 2. The van der Waals surface area contributed by atoms with Crippen LogP contribution >= 0.6 is 23.1 Å². The topological polar surface area (TPSA) is 89.2 Å². The Morgan fingerprint density at radius 3 is 2.63 bits per heavy atom. The minimum Gasteiger partial charge on any atom is -0.378 e. The fourth-order valence-electron chi connectivity index (χ4n) is 4.11. The second-order valence-corrected chi connectivity index (χ2v) is 8.63. The number of thioether (sulfide) groups is 1. The van der Waals surface area contributed by atoms with Gasteiger partial charge in [0.05, 0.1) is 23.4 Å². The monoisotopic (exact) mass is 402 g/mol. The number of ether oxygens (including phenoxy) is 1. The molecule has 1 aliphatic heterocycles. The van der Waals surface area contributed by atoms with E-state index in [1.165, 1.54) is 41.1 Å². The molecule has 1 aliphatic carbocycles. The molecule has 0 unspecified atom stereocenters. The molecule has 4 heterocycles. The van der Waals surface area contributed by atoms with Gasteiger partial charge in [-0.15, -0.1) is 11.3 Å². The molecule has 3 aromatic heterocycles. The number of nitrogens with two attached hydrogens (primary N) is 1. The maximum Gasteiger partial charge on any atom is 0.189 e. The molecule has 27 heavy (non-hydrogen) atoms. The number of hydrazine groups is 1. The van der Waals surface area contributed by atoms with E-state index < -0.39 is 0 Å². The van der Waals surface area contributed by atoms with Crippen molar-refractivity contribution >= 4 is 55.2 Å². The lowest BCUT2D eigenvalue weighted by Gasteiger charge is -2.31. The highest BCUT2D eigenvalue weighted by atomic mass is 32.2. The molecule has 2 aliphatic rings. The van der Waals surface area contributed by atoms with Crippen molar-refractivity contribution in [3.8, 4) is 0 Å². The van der Waals surface area contributed by atoms with Crippen molar-refractivity contribution in [2.45, 2.75) is 30.8 Å². The average Bonchev–Trinajstić information content (AvgIpc) is 3.11. The van der Waals surface area contributed by atoms with Crippen molar-refractivity contribution in [3.05, 3.63) is 11.1 Å². The second-order valence-electron chi connectivity index (χ2n) is 6.86. The van der Waals surface area contributed by atoms with Crippen LogP contribution in [0.25, 0.3) is 20.4 Å². The van der Waals surface area contributed by atoms with Gasteiger partial charge in [-0.2, -0.15) is 0 Å². The summed E-state index contributed by atoms with van der Waals surface area (Å²) in [6.07, 6.45) is 6.60.